The van der Waals surface area contributed by atoms with Gasteiger partial charge in [-0.25, -0.2) is 9.37 Å². The van der Waals surface area contributed by atoms with E-state index in [4.69, 9.17) is 0 Å². The van der Waals surface area contributed by atoms with E-state index in [0.29, 0.717) is 29.1 Å². The Morgan fingerprint density at radius 1 is 1.19 bits per heavy atom. The number of nitrogens with zero attached hydrogens (tertiary/aromatic N) is 3. The van der Waals surface area contributed by atoms with Crippen molar-refractivity contribution < 1.29 is 4.39 Å². The Kier molecular flexibility index (Phi) is 4.74. The van der Waals surface area contributed by atoms with Gasteiger partial charge in [0, 0.05) is 23.7 Å². The van der Waals surface area contributed by atoms with E-state index < -0.39 is 0 Å². The van der Waals surface area contributed by atoms with Gasteiger partial charge < -0.3 is 4.90 Å². The minimum Gasteiger partial charge on any atom is -0.302 e. The molecule has 0 saturated carbocycles. The lowest BCUT2D eigenvalue weighted by Gasteiger charge is -2.20. The molecule has 1 aliphatic rings. The van der Waals surface area contributed by atoms with Crippen molar-refractivity contribution in [2.75, 3.05) is 13.6 Å². The van der Waals surface area contributed by atoms with Crippen LogP contribution >= 0.6 is 0 Å². The Hall–Kier alpha value is -2.97. The number of likely N-dealkylation sites (tertiary alicyclic amines) is 1. The molecule has 1 aromatic heterocycles. The summed E-state index contributed by atoms with van der Waals surface area (Å²) in [6.07, 6.45) is 3.90. The lowest BCUT2D eigenvalue weighted by Crippen LogP contribution is -2.33. The molecule has 0 radical (unpaired) electrons. The summed E-state index contributed by atoms with van der Waals surface area (Å²) < 4.78 is 14.9. The lowest BCUT2D eigenvalue weighted by atomic mass is 10.1. The number of hydrogen-bond acceptors (Lipinski definition) is 3. The molecule has 0 spiro atoms. The lowest BCUT2D eigenvalue weighted by molar-refractivity contribution is 0.279. The van der Waals surface area contributed by atoms with Gasteiger partial charge in [0.2, 0.25) is 0 Å². The van der Waals surface area contributed by atoms with Crippen LogP contribution in [0.15, 0.2) is 53.6 Å². The molecule has 1 saturated heterocycles. The standard InChI is InChI=1S/C22H20FN3O/c1-25-11-3-6-19(25)14-26-15-24-21-13-17(9-10-20(21)22(26)27)8-7-16-4-2-5-18(23)12-16/h2,4-5,9-10,12-13,15,19H,3,6,11,14H2,1H3. The summed E-state index contributed by atoms with van der Waals surface area (Å²) >= 11 is 0. The van der Waals surface area contributed by atoms with Gasteiger partial charge >= 0.3 is 0 Å². The van der Waals surface area contributed by atoms with Gasteiger partial charge in [0.1, 0.15) is 5.82 Å². The molecule has 0 aliphatic carbocycles. The molecule has 4 rings (SSSR count). The summed E-state index contributed by atoms with van der Waals surface area (Å²) in [4.78, 5) is 19.5. The highest BCUT2D eigenvalue weighted by molar-refractivity contribution is 5.79. The predicted molar refractivity (Wildman–Crippen MR) is 104 cm³/mol. The molecule has 2 heterocycles. The minimum atomic E-state index is -0.310. The maximum absolute atomic E-state index is 13.2. The molecule has 27 heavy (non-hydrogen) atoms. The molecule has 1 unspecified atom stereocenters. The molecule has 2 aromatic carbocycles. The van der Waals surface area contributed by atoms with E-state index in [1.807, 2.05) is 6.07 Å². The van der Waals surface area contributed by atoms with E-state index in [-0.39, 0.29) is 11.4 Å². The van der Waals surface area contributed by atoms with Crippen molar-refractivity contribution in [2.24, 2.45) is 0 Å². The maximum Gasteiger partial charge on any atom is 0.261 e. The molecule has 3 aromatic rings. The number of likely N-dealkylation sites (N-methyl/N-ethyl adjacent to an activating group) is 1. The van der Waals surface area contributed by atoms with Crippen molar-refractivity contribution >= 4 is 10.9 Å². The Morgan fingerprint density at radius 2 is 2.00 bits per heavy atom. The second-order valence-corrected chi connectivity index (χ2v) is 6.97. The predicted octanol–water partition coefficient (Wildman–Crippen LogP) is 3.03. The van der Waals surface area contributed by atoms with Crippen molar-refractivity contribution in [3.8, 4) is 11.8 Å². The van der Waals surface area contributed by atoms with Crippen molar-refractivity contribution in [3.63, 3.8) is 0 Å². The first-order valence-electron chi connectivity index (χ1n) is 9.07. The molecule has 1 fully saturated rings. The van der Waals surface area contributed by atoms with Gasteiger partial charge in [0.05, 0.1) is 17.2 Å². The van der Waals surface area contributed by atoms with Gasteiger partial charge in [-0.3, -0.25) is 9.36 Å². The fraction of sp³-hybridized carbons (Fsp3) is 0.273. The van der Waals surface area contributed by atoms with E-state index in [9.17, 15) is 9.18 Å². The zero-order chi connectivity index (χ0) is 18.8. The zero-order valence-corrected chi connectivity index (χ0v) is 15.2. The van der Waals surface area contributed by atoms with E-state index >= 15 is 0 Å². The van der Waals surface area contributed by atoms with Crippen molar-refractivity contribution in [2.45, 2.75) is 25.4 Å². The van der Waals surface area contributed by atoms with E-state index in [1.54, 1.807) is 35.2 Å². The van der Waals surface area contributed by atoms with Crippen LogP contribution in [0.5, 0.6) is 0 Å². The summed E-state index contributed by atoms with van der Waals surface area (Å²) in [7, 11) is 2.10. The number of benzene rings is 2. The first-order chi connectivity index (χ1) is 13.1. The zero-order valence-electron chi connectivity index (χ0n) is 15.2. The first kappa shape index (κ1) is 17.4. The van der Waals surface area contributed by atoms with Gasteiger partial charge in [-0.1, -0.05) is 17.9 Å². The Bertz CT molecular complexity index is 1110. The van der Waals surface area contributed by atoms with E-state index in [0.717, 1.165) is 18.5 Å². The molecule has 1 atom stereocenters. The van der Waals surface area contributed by atoms with Crippen LogP contribution in [-0.2, 0) is 6.54 Å². The summed E-state index contributed by atoms with van der Waals surface area (Å²) in [6, 6.07) is 11.9. The van der Waals surface area contributed by atoms with Crippen LogP contribution in [0, 0.1) is 17.7 Å². The van der Waals surface area contributed by atoms with Crippen LogP contribution < -0.4 is 5.56 Å². The van der Waals surface area contributed by atoms with Gasteiger partial charge in [-0.2, -0.15) is 0 Å². The van der Waals surface area contributed by atoms with E-state index in [2.05, 4.69) is 28.8 Å². The summed E-state index contributed by atoms with van der Waals surface area (Å²) in [5, 5.41) is 0.592. The Balaban J connectivity index is 1.62. The average molecular weight is 361 g/mol. The topological polar surface area (TPSA) is 38.1 Å². The number of aromatic nitrogens is 2. The van der Waals surface area contributed by atoms with Gasteiger partial charge in [-0.05, 0) is 62.8 Å². The highest BCUT2D eigenvalue weighted by atomic mass is 19.1. The largest absolute Gasteiger partial charge is 0.302 e. The normalized spacial score (nSPS) is 17.0. The SMILES string of the molecule is CN1CCCC1Cn1cnc2cc(C#Cc3cccc(F)c3)ccc2c1=O. The fourth-order valence-corrected chi connectivity index (χ4v) is 3.51. The fourth-order valence-electron chi connectivity index (χ4n) is 3.51. The molecule has 0 bridgehead atoms. The van der Waals surface area contributed by atoms with Crippen LogP contribution in [0.2, 0.25) is 0 Å². The number of rotatable bonds is 2. The summed E-state index contributed by atoms with van der Waals surface area (Å²) in [5.41, 5.74) is 1.96. The summed E-state index contributed by atoms with van der Waals surface area (Å²) in [5.74, 6) is 5.64. The van der Waals surface area contributed by atoms with Crippen molar-refractivity contribution in [1.29, 1.82) is 0 Å². The van der Waals surface area contributed by atoms with Crippen molar-refractivity contribution in [1.82, 2.24) is 14.5 Å². The monoisotopic (exact) mass is 361 g/mol. The van der Waals surface area contributed by atoms with Gasteiger partial charge in [0.15, 0.2) is 0 Å². The molecule has 0 amide bonds. The van der Waals surface area contributed by atoms with Crippen LogP contribution in [0.3, 0.4) is 0 Å². The Morgan fingerprint density at radius 3 is 2.74 bits per heavy atom. The number of fused-ring (bicyclic) bond motifs is 1. The second-order valence-electron chi connectivity index (χ2n) is 6.97. The highest BCUT2D eigenvalue weighted by Crippen LogP contribution is 2.16. The maximum atomic E-state index is 13.2. The third-order valence-corrected chi connectivity index (χ3v) is 5.08. The van der Waals surface area contributed by atoms with Gasteiger partial charge in [0.25, 0.3) is 5.56 Å². The molecular weight excluding hydrogens is 341 g/mol. The van der Waals surface area contributed by atoms with Crippen LogP contribution in [0.1, 0.15) is 24.0 Å². The molecule has 4 nitrogen and oxygen atoms in total. The minimum absolute atomic E-state index is 0.0232. The van der Waals surface area contributed by atoms with Crippen LogP contribution in [-0.4, -0.2) is 34.1 Å². The van der Waals surface area contributed by atoms with Crippen LogP contribution in [0.4, 0.5) is 4.39 Å². The highest BCUT2D eigenvalue weighted by Gasteiger charge is 2.21. The number of halogens is 1. The quantitative estimate of drug-likeness (QED) is 0.659. The van der Waals surface area contributed by atoms with Crippen molar-refractivity contribution in [3.05, 3.63) is 76.1 Å². The Labute approximate surface area is 157 Å². The molecule has 5 heteroatoms. The van der Waals surface area contributed by atoms with E-state index in [1.165, 1.54) is 18.6 Å². The third kappa shape index (κ3) is 3.76. The smallest absolute Gasteiger partial charge is 0.261 e. The second kappa shape index (κ2) is 7.34. The number of hydrogen-bond donors (Lipinski definition) is 0. The van der Waals surface area contributed by atoms with Crippen LogP contribution in [0.25, 0.3) is 10.9 Å². The molecule has 136 valence electrons. The molecule has 0 N–H and O–H groups in total. The third-order valence-electron chi connectivity index (χ3n) is 5.08. The molecule has 1 aliphatic heterocycles. The van der Waals surface area contributed by atoms with Gasteiger partial charge in [-0.15, -0.1) is 0 Å². The average Bonchev–Trinajstić information content (AvgIpc) is 3.07. The molecular formula is C22H20FN3O. The summed E-state index contributed by atoms with van der Waals surface area (Å²) in [6.45, 7) is 1.74. The first-order valence-corrected chi connectivity index (χ1v) is 9.07.